The van der Waals surface area contributed by atoms with E-state index in [9.17, 15) is 9.90 Å². The first-order chi connectivity index (χ1) is 13.9. The van der Waals surface area contributed by atoms with E-state index in [1.807, 2.05) is 62.4 Å². The number of carbonyl (C=O) groups is 1. The second kappa shape index (κ2) is 9.16. The lowest BCUT2D eigenvalue weighted by Crippen LogP contribution is -2.15. The van der Waals surface area contributed by atoms with Crippen molar-refractivity contribution >= 4 is 17.6 Å². The van der Waals surface area contributed by atoms with Crippen LogP contribution in [0.5, 0.6) is 5.75 Å². The normalized spacial score (nSPS) is 10.9. The zero-order valence-corrected chi connectivity index (χ0v) is 17.6. The fourth-order valence-electron chi connectivity index (χ4n) is 3.56. The van der Waals surface area contributed by atoms with Crippen LogP contribution in [0.25, 0.3) is 0 Å². The van der Waals surface area contributed by atoms with Crippen LogP contribution < -0.4 is 10.1 Å². The lowest BCUT2D eigenvalue weighted by atomic mass is 10.1. The van der Waals surface area contributed by atoms with Crippen LogP contribution in [-0.4, -0.2) is 22.8 Å². The molecule has 2 aromatic carbocycles. The number of methoxy groups -OCH3 is 1. The summed E-state index contributed by atoms with van der Waals surface area (Å²) in [5, 5.41) is 13.8. The van der Waals surface area contributed by atoms with Gasteiger partial charge in [-0.05, 0) is 43.2 Å². The average Bonchev–Trinajstić information content (AvgIpc) is 2.94. The van der Waals surface area contributed by atoms with Crippen molar-refractivity contribution in [1.29, 1.82) is 0 Å². The van der Waals surface area contributed by atoms with Gasteiger partial charge in [0.05, 0.1) is 12.7 Å². The standard InChI is InChI=1S/C23H25ClN2O3/c1-15-20(13-25-12-18-6-4-5-7-21(18)24)22(23(27)28)16(2)26(15)14-17-8-10-19(29-3)11-9-17/h4-11,25H,12-14H2,1-3H3,(H,27,28). The minimum atomic E-state index is -0.909. The summed E-state index contributed by atoms with van der Waals surface area (Å²) in [5.41, 5.74) is 4.93. The molecule has 6 heteroatoms. The fraction of sp³-hybridized carbons (Fsp3) is 0.261. The number of hydrogen-bond donors (Lipinski definition) is 2. The minimum Gasteiger partial charge on any atom is -0.497 e. The fourth-order valence-corrected chi connectivity index (χ4v) is 3.77. The van der Waals surface area contributed by atoms with Gasteiger partial charge in [-0.3, -0.25) is 0 Å². The number of ether oxygens (including phenoxy) is 1. The molecule has 0 amide bonds. The van der Waals surface area contributed by atoms with Gasteiger partial charge in [0.2, 0.25) is 0 Å². The number of aromatic carboxylic acids is 1. The largest absolute Gasteiger partial charge is 0.497 e. The summed E-state index contributed by atoms with van der Waals surface area (Å²) in [6.45, 7) is 5.45. The van der Waals surface area contributed by atoms with Crippen molar-refractivity contribution in [2.45, 2.75) is 33.5 Å². The van der Waals surface area contributed by atoms with E-state index in [0.717, 1.165) is 33.8 Å². The van der Waals surface area contributed by atoms with Crippen LogP contribution in [0.4, 0.5) is 0 Å². The molecular formula is C23H25ClN2O3. The molecule has 0 atom stereocenters. The molecule has 0 fully saturated rings. The van der Waals surface area contributed by atoms with Crippen molar-refractivity contribution < 1.29 is 14.6 Å². The molecule has 0 spiro atoms. The molecule has 152 valence electrons. The van der Waals surface area contributed by atoms with Crippen molar-refractivity contribution in [2.75, 3.05) is 7.11 Å². The highest BCUT2D eigenvalue weighted by atomic mass is 35.5. The van der Waals surface area contributed by atoms with Crippen molar-refractivity contribution in [2.24, 2.45) is 0 Å². The summed E-state index contributed by atoms with van der Waals surface area (Å²) in [4.78, 5) is 12.0. The lowest BCUT2D eigenvalue weighted by Gasteiger charge is -2.11. The van der Waals surface area contributed by atoms with Crippen LogP contribution in [0.3, 0.4) is 0 Å². The van der Waals surface area contributed by atoms with E-state index < -0.39 is 5.97 Å². The Labute approximate surface area is 175 Å². The molecule has 0 saturated carbocycles. The zero-order chi connectivity index (χ0) is 21.0. The van der Waals surface area contributed by atoms with E-state index in [-0.39, 0.29) is 0 Å². The van der Waals surface area contributed by atoms with E-state index in [1.54, 1.807) is 7.11 Å². The highest BCUT2D eigenvalue weighted by Gasteiger charge is 2.22. The molecule has 5 nitrogen and oxygen atoms in total. The predicted octanol–water partition coefficient (Wildman–Crippen LogP) is 4.80. The Morgan fingerprint density at radius 3 is 2.38 bits per heavy atom. The maximum absolute atomic E-state index is 12.0. The number of nitrogens with one attached hydrogen (secondary N) is 1. The summed E-state index contributed by atoms with van der Waals surface area (Å²) in [6, 6.07) is 15.4. The molecule has 2 N–H and O–H groups in total. The van der Waals surface area contributed by atoms with E-state index in [1.165, 1.54) is 0 Å². The molecule has 0 aliphatic heterocycles. The molecule has 0 aliphatic rings. The molecule has 1 heterocycles. The van der Waals surface area contributed by atoms with Crippen molar-refractivity contribution in [3.63, 3.8) is 0 Å². The van der Waals surface area contributed by atoms with Crippen molar-refractivity contribution in [3.05, 3.63) is 87.2 Å². The van der Waals surface area contributed by atoms with Gasteiger partial charge < -0.3 is 19.7 Å². The maximum atomic E-state index is 12.0. The molecule has 0 radical (unpaired) electrons. The molecule has 0 saturated heterocycles. The molecule has 3 aromatic rings. The Morgan fingerprint density at radius 2 is 1.76 bits per heavy atom. The minimum absolute atomic E-state index is 0.364. The molecule has 0 bridgehead atoms. The van der Waals surface area contributed by atoms with Gasteiger partial charge in [-0.1, -0.05) is 41.9 Å². The zero-order valence-electron chi connectivity index (χ0n) is 16.8. The van der Waals surface area contributed by atoms with Gasteiger partial charge in [0, 0.05) is 41.6 Å². The molecular weight excluding hydrogens is 388 g/mol. The maximum Gasteiger partial charge on any atom is 0.337 e. The van der Waals surface area contributed by atoms with Gasteiger partial charge in [-0.15, -0.1) is 0 Å². The number of aromatic nitrogens is 1. The first-order valence-corrected chi connectivity index (χ1v) is 9.79. The van der Waals surface area contributed by atoms with Crippen molar-refractivity contribution in [3.8, 4) is 5.75 Å². The van der Waals surface area contributed by atoms with E-state index in [4.69, 9.17) is 16.3 Å². The van der Waals surface area contributed by atoms with Crippen LogP contribution >= 0.6 is 11.6 Å². The Hall–Kier alpha value is -2.76. The van der Waals surface area contributed by atoms with Crippen LogP contribution in [0.1, 0.15) is 38.4 Å². The topological polar surface area (TPSA) is 63.5 Å². The lowest BCUT2D eigenvalue weighted by molar-refractivity contribution is 0.0694. The third kappa shape index (κ3) is 4.63. The van der Waals surface area contributed by atoms with Crippen molar-refractivity contribution in [1.82, 2.24) is 9.88 Å². The third-order valence-corrected chi connectivity index (χ3v) is 5.57. The Balaban J connectivity index is 1.83. The van der Waals surface area contributed by atoms with Crippen LogP contribution in [0.2, 0.25) is 5.02 Å². The van der Waals surface area contributed by atoms with E-state index in [2.05, 4.69) is 9.88 Å². The monoisotopic (exact) mass is 412 g/mol. The SMILES string of the molecule is COc1ccc(Cn2c(C)c(CNCc3ccccc3Cl)c(C(=O)O)c2C)cc1. The van der Waals surface area contributed by atoms with E-state index in [0.29, 0.717) is 30.2 Å². The molecule has 29 heavy (non-hydrogen) atoms. The Morgan fingerprint density at radius 1 is 1.07 bits per heavy atom. The first-order valence-electron chi connectivity index (χ1n) is 9.41. The number of carboxylic acid groups (broad SMARTS) is 1. The summed E-state index contributed by atoms with van der Waals surface area (Å²) in [5.74, 6) is -0.112. The Kier molecular flexibility index (Phi) is 6.62. The summed E-state index contributed by atoms with van der Waals surface area (Å²) < 4.78 is 7.26. The van der Waals surface area contributed by atoms with Gasteiger partial charge in [0.25, 0.3) is 0 Å². The number of benzene rings is 2. The number of nitrogens with zero attached hydrogens (tertiary/aromatic N) is 1. The highest BCUT2D eigenvalue weighted by molar-refractivity contribution is 6.31. The van der Waals surface area contributed by atoms with Gasteiger partial charge >= 0.3 is 5.97 Å². The first kappa shape index (κ1) is 21.0. The van der Waals surface area contributed by atoms with E-state index >= 15 is 0 Å². The number of hydrogen-bond acceptors (Lipinski definition) is 3. The van der Waals surface area contributed by atoms with Crippen LogP contribution in [-0.2, 0) is 19.6 Å². The summed E-state index contributed by atoms with van der Waals surface area (Å²) in [7, 11) is 1.64. The van der Waals surface area contributed by atoms with Gasteiger partial charge in [0.1, 0.15) is 5.75 Å². The Bertz CT molecular complexity index is 1010. The molecule has 0 aliphatic carbocycles. The van der Waals surface area contributed by atoms with Crippen LogP contribution in [0.15, 0.2) is 48.5 Å². The predicted molar refractivity (Wildman–Crippen MR) is 115 cm³/mol. The number of carboxylic acids is 1. The van der Waals surface area contributed by atoms with Gasteiger partial charge in [0.15, 0.2) is 0 Å². The number of halogens is 1. The second-order valence-electron chi connectivity index (χ2n) is 6.96. The average molecular weight is 413 g/mol. The summed E-state index contributed by atoms with van der Waals surface area (Å²) in [6.07, 6.45) is 0. The molecule has 1 aromatic heterocycles. The third-order valence-electron chi connectivity index (χ3n) is 5.20. The highest BCUT2D eigenvalue weighted by Crippen LogP contribution is 2.25. The summed E-state index contributed by atoms with van der Waals surface area (Å²) >= 11 is 6.21. The quantitative estimate of drug-likeness (QED) is 0.557. The van der Waals surface area contributed by atoms with Gasteiger partial charge in [-0.2, -0.15) is 0 Å². The second-order valence-corrected chi connectivity index (χ2v) is 7.37. The molecule has 0 unspecified atom stereocenters. The van der Waals surface area contributed by atoms with Gasteiger partial charge in [-0.25, -0.2) is 4.79 Å². The van der Waals surface area contributed by atoms with Crippen LogP contribution in [0, 0.1) is 13.8 Å². The smallest absolute Gasteiger partial charge is 0.337 e. The molecule has 3 rings (SSSR count). The number of rotatable bonds is 8.